The average Bonchev–Trinajstić information content (AvgIpc) is 2.44. The number of carbonyl (C=O) groups excluding carboxylic acids is 1. The van der Waals surface area contributed by atoms with E-state index in [1.807, 2.05) is 0 Å². The normalized spacial score (nSPS) is 10.7. The molecule has 108 valence electrons. The molecule has 0 bridgehead atoms. The van der Waals surface area contributed by atoms with Crippen LogP contribution in [0.3, 0.4) is 0 Å². The molecule has 0 aliphatic rings. The molecule has 20 heavy (non-hydrogen) atoms. The molecule has 1 amide bonds. The number of aliphatic carboxylic acids is 1. The van der Waals surface area contributed by atoms with E-state index >= 15 is 0 Å². The first kappa shape index (κ1) is 15.8. The Bertz CT molecular complexity index is 495. The molecule has 0 atom stereocenters. The Morgan fingerprint density at radius 1 is 1.25 bits per heavy atom. The maximum Gasteiger partial charge on any atom is 0.328 e. The molecule has 0 spiro atoms. The molecule has 0 aromatic carbocycles. The number of carbonyl (C=O) groups is 2. The summed E-state index contributed by atoms with van der Waals surface area (Å²) in [6, 6.07) is 1.46. The van der Waals surface area contributed by atoms with E-state index in [4.69, 9.17) is 15.3 Å². The molecule has 0 saturated carbocycles. The van der Waals surface area contributed by atoms with E-state index in [1.54, 1.807) is 0 Å². The third kappa shape index (κ3) is 4.45. The maximum atomic E-state index is 12.3. The molecule has 0 unspecified atom stereocenters. The van der Waals surface area contributed by atoms with Crippen molar-refractivity contribution in [1.82, 2.24) is 9.88 Å². The second-order valence-electron chi connectivity index (χ2n) is 3.87. The molecule has 1 heterocycles. The molecule has 7 nitrogen and oxygen atoms in total. The highest BCUT2D eigenvalue weighted by Crippen LogP contribution is 2.12. The summed E-state index contributed by atoms with van der Waals surface area (Å²) < 4.78 is 0. The van der Waals surface area contributed by atoms with Crippen LogP contribution < -0.4 is 0 Å². The number of amides is 1. The molecular weight excluding hydrogens is 264 g/mol. The summed E-state index contributed by atoms with van der Waals surface area (Å²) in [4.78, 5) is 27.9. The van der Waals surface area contributed by atoms with Gasteiger partial charge in [0.1, 0.15) is 0 Å². The number of aliphatic hydroxyl groups excluding tert-OH is 2. The van der Waals surface area contributed by atoms with Crippen molar-refractivity contribution in [2.45, 2.75) is 0 Å². The predicted molar refractivity (Wildman–Crippen MR) is 71.0 cm³/mol. The van der Waals surface area contributed by atoms with Gasteiger partial charge in [-0.2, -0.15) is 0 Å². The van der Waals surface area contributed by atoms with Crippen molar-refractivity contribution in [3.8, 4) is 0 Å². The molecule has 1 aromatic rings. The molecule has 3 N–H and O–H groups in total. The first-order valence-corrected chi connectivity index (χ1v) is 5.96. The number of aliphatic hydroxyl groups is 2. The minimum absolute atomic E-state index is 0.0871. The molecule has 1 aromatic heterocycles. The summed E-state index contributed by atoms with van der Waals surface area (Å²) >= 11 is 0. The fourth-order valence-electron chi connectivity index (χ4n) is 1.62. The zero-order chi connectivity index (χ0) is 15.0. The fraction of sp³-hybridized carbons (Fsp3) is 0.308. The minimum Gasteiger partial charge on any atom is -0.478 e. The second kappa shape index (κ2) is 8.03. The quantitative estimate of drug-likeness (QED) is 0.586. The van der Waals surface area contributed by atoms with E-state index < -0.39 is 11.9 Å². The second-order valence-corrected chi connectivity index (χ2v) is 3.87. The topological polar surface area (TPSA) is 111 Å². The average molecular weight is 280 g/mol. The van der Waals surface area contributed by atoms with Gasteiger partial charge in [0.2, 0.25) is 0 Å². The zero-order valence-electron chi connectivity index (χ0n) is 10.8. The number of carboxylic acid groups (broad SMARTS) is 1. The van der Waals surface area contributed by atoms with Crippen molar-refractivity contribution in [3.63, 3.8) is 0 Å². The van der Waals surface area contributed by atoms with Gasteiger partial charge in [-0.25, -0.2) is 4.79 Å². The zero-order valence-corrected chi connectivity index (χ0v) is 10.8. The SMILES string of the molecule is O=C(O)C=Cc1cnccc1C(=O)N(CCO)CCO. The molecule has 0 radical (unpaired) electrons. The van der Waals surface area contributed by atoms with Gasteiger partial charge in [0.05, 0.1) is 13.2 Å². The van der Waals surface area contributed by atoms with Gasteiger partial charge >= 0.3 is 5.97 Å². The third-order valence-corrected chi connectivity index (χ3v) is 2.51. The first-order valence-electron chi connectivity index (χ1n) is 5.96. The Labute approximate surface area is 115 Å². The van der Waals surface area contributed by atoms with Crippen LogP contribution in [0.4, 0.5) is 0 Å². The number of aromatic nitrogens is 1. The minimum atomic E-state index is -1.13. The van der Waals surface area contributed by atoms with Crippen LogP contribution in [0.2, 0.25) is 0 Å². The van der Waals surface area contributed by atoms with Crippen LogP contribution in [0.1, 0.15) is 15.9 Å². The van der Waals surface area contributed by atoms with Gasteiger partial charge in [0.25, 0.3) is 5.91 Å². The van der Waals surface area contributed by atoms with Crippen molar-refractivity contribution >= 4 is 18.0 Å². The van der Waals surface area contributed by atoms with E-state index in [9.17, 15) is 9.59 Å². The van der Waals surface area contributed by atoms with Gasteiger partial charge in [-0.1, -0.05) is 0 Å². The van der Waals surface area contributed by atoms with Crippen molar-refractivity contribution in [3.05, 3.63) is 35.7 Å². The largest absolute Gasteiger partial charge is 0.478 e. The van der Waals surface area contributed by atoms with Crippen LogP contribution in [0.25, 0.3) is 6.08 Å². The highest BCUT2D eigenvalue weighted by molar-refractivity contribution is 5.98. The van der Waals surface area contributed by atoms with Crippen molar-refractivity contribution in [2.24, 2.45) is 0 Å². The number of rotatable bonds is 7. The summed E-state index contributed by atoms with van der Waals surface area (Å²) in [5, 5.41) is 26.5. The van der Waals surface area contributed by atoms with Gasteiger partial charge in [0.15, 0.2) is 0 Å². The van der Waals surface area contributed by atoms with E-state index in [-0.39, 0.29) is 31.9 Å². The van der Waals surface area contributed by atoms with Crippen molar-refractivity contribution in [1.29, 1.82) is 0 Å². The molecule has 7 heteroatoms. The van der Waals surface area contributed by atoms with E-state index in [0.717, 1.165) is 6.08 Å². The van der Waals surface area contributed by atoms with Crippen molar-refractivity contribution in [2.75, 3.05) is 26.3 Å². The van der Waals surface area contributed by atoms with Gasteiger partial charge in [-0.3, -0.25) is 9.78 Å². The monoisotopic (exact) mass is 280 g/mol. The van der Waals surface area contributed by atoms with Crippen LogP contribution in [0.15, 0.2) is 24.5 Å². The summed E-state index contributed by atoms with van der Waals surface area (Å²) in [6.45, 7) is -0.276. The van der Waals surface area contributed by atoms with Gasteiger partial charge in [-0.15, -0.1) is 0 Å². The van der Waals surface area contributed by atoms with E-state index in [0.29, 0.717) is 5.56 Å². The van der Waals surface area contributed by atoms with Crippen LogP contribution in [-0.4, -0.2) is 63.4 Å². The maximum absolute atomic E-state index is 12.3. The summed E-state index contributed by atoms with van der Waals surface area (Å²) in [6.07, 6.45) is 4.99. The molecule has 1 rings (SSSR count). The van der Waals surface area contributed by atoms with E-state index in [2.05, 4.69) is 4.98 Å². The number of nitrogens with zero attached hydrogens (tertiary/aromatic N) is 2. The highest BCUT2D eigenvalue weighted by Gasteiger charge is 2.17. The number of hydrogen-bond donors (Lipinski definition) is 3. The van der Waals surface area contributed by atoms with Gasteiger partial charge in [0, 0.05) is 42.7 Å². The lowest BCUT2D eigenvalue weighted by atomic mass is 10.1. The van der Waals surface area contributed by atoms with Crippen LogP contribution in [-0.2, 0) is 4.79 Å². The Balaban J connectivity index is 3.04. The van der Waals surface area contributed by atoms with Gasteiger partial charge < -0.3 is 20.2 Å². The lowest BCUT2D eigenvalue weighted by molar-refractivity contribution is -0.131. The molecule has 0 fully saturated rings. The van der Waals surface area contributed by atoms with Crippen LogP contribution in [0.5, 0.6) is 0 Å². The third-order valence-electron chi connectivity index (χ3n) is 2.51. The number of pyridine rings is 1. The number of carboxylic acids is 1. The Morgan fingerprint density at radius 2 is 1.90 bits per heavy atom. The summed E-state index contributed by atoms with van der Waals surface area (Å²) in [5.41, 5.74) is 0.625. The fourth-order valence-corrected chi connectivity index (χ4v) is 1.62. The van der Waals surface area contributed by atoms with Crippen LogP contribution in [0, 0.1) is 0 Å². The number of hydrogen-bond acceptors (Lipinski definition) is 5. The van der Waals surface area contributed by atoms with Crippen molar-refractivity contribution < 1.29 is 24.9 Å². The molecule has 0 aliphatic heterocycles. The van der Waals surface area contributed by atoms with Gasteiger partial charge in [-0.05, 0) is 12.1 Å². The Morgan fingerprint density at radius 3 is 2.45 bits per heavy atom. The standard InChI is InChI=1S/C13H16N2O5/c16-7-5-15(6-8-17)13(20)11-3-4-14-9-10(11)1-2-12(18)19/h1-4,9,16-17H,5-8H2,(H,18,19). The predicted octanol–water partition coefficient (Wildman–Crippen LogP) is -0.394. The Kier molecular flexibility index (Phi) is 6.34. The first-order chi connectivity index (χ1) is 9.60. The summed E-state index contributed by atoms with van der Waals surface area (Å²) in [5.74, 6) is -1.53. The highest BCUT2D eigenvalue weighted by atomic mass is 16.4. The molecule has 0 aliphatic carbocycles. The molecule has 0 saturated heterocycles. The summed E-state index contributed by atoms with van der Waals surface area (Å²) in [7, 11) is 0. The van der Waals surface area contributed by atoms with Crippen LogP contribution >= 0.6 is 0 Å². The lowest BCUT2D eigenvalue weighted by Gasteiger charge is -2.21. The lowest BCUT2D eigenvalue weighted by Crippen LogP contribution is -2.36. The smallest absolute Gasteiger partial charge is 0.328 e. The Hall–Kier alpha value is -2.25. The van der Waals surface area contributed by atoms with E-state index in [1.165, 1.54) is 29.4 Å². The molecular formula is C13H16N2O5.